The van der Waals surface area contributed by atoms with Crippen LogP contribution in [0.15, 0.2) is 30.4 Å². The second-order valence-corrected chi connectivity index (χ2v) is 7.35. The van der Waals surface area contributed by atoms with Crippen LogP contribution in [-0.2, 0) is 20.5 Å². The summed E-state index contributed by atoms with van der Waals surface area (Å²) in [6, 6.07) is 4.21. The zero-order valence-corrected chi connectivity index (χ0v) is 14.7. The van der Waals surface area contributed by atoms with E-state index >= 15 is 0 Å². The van der Waals surface area contributed by atoms with Crippen molar-refractivity contribution in [2.24, 2.45) is 11.8 Å². The van der Waals surface area contributed by atoms with Gasteiger partial charge in [-0.2, -0.15) is 18.4 Å². The van der Waals surface area contributed by atoms with Gasteiger partial charge in [0, 0.05) is 13.0 Å². The van der Waals surface area contributed by atoms with E-state index in [2.05, 4.69) is 0 Å². The highest BCUT2D eigenvalue weighted by Gasteiger charge is 2.71. The van der Waals surface area contributed by atoms with Crippen LogP contribution in [-0.4, -0.2) is 34.7 Å². The van der Waals surface area contributed by atoms with Crippen molar-refractivity contribution >= 4 is 17.5 Å². The van der Waals surface area contributed by atoms with Crippen LogP contribution in [0, 0.1) is 23.2 Å². The van der Waals surface area contributed by atoms with E-state index in [1.54, 1.807) is 19.1 Å². The number of hydrogen-bond acceptors (Lipinski definition) is 5. The molecule has 3 heterocycles. The van der Waals surface area contributed by atoms with Crippen LogP contribution >= 0.6 is 0 Å². The second-order valence-electron chi connectivity index (χ2n) is 7.35. The molecule has 1 aromatic carbocycles. The Hall–Kier alpha value is -2.70. The molecule has 28 heavy (non-hydrogen) atoms. The lowest BCUT2D eigenvalue weighted by atomic mass is 9.71. The number of aliphatic hydroxyl groups is 1. The molecule has 2 amide bonds. The summed E-state index contributed by atoms with van der Waals surface area (Å²) in [4.78, 5) is 26.9. The summed E-state index contributed by atoms with van der Waals surface area (Å²) in [6.07, 6.45) is -1.40. The SMILES string of the molecule is CC12C=CC(CCO)(O1)[C@H]1C(=O)N(c3ccc(C#N)c(C(F)(F)F)c3)C(=O)[C@H]12. The molecule has 0 saturated carbocycles. The topological polar surface area (TPSA) is 90.6 Å². The highest BCUT2D eigenvalue weighted by molar-refractivity contribution is 6.23. The van der Waals surface area contributed by atoms with Gasteiger partial charge in [-0.25, -0.2) is 4.90 Å². The summed E-state index contributed by atoms with van der Waals surface area (Å²) >= 11 is 0. The van der Waals surface area contributed by atoms with Crippen LogP contribution < -0.4 is 4.90 Å². The van der Waals surface area contributed by atoms with E-state index in [-0.39, 0.29) is 18.7 Å². The standard InChI is InChI=1S/C19H15F3N2O4/c1-17-4-5-18(28-17,6-7-25)14-13(17)15(26)24(16(14)27)11-3-2-10(9-23)12(8-11)19(20,21)22/h2-5,8,13-14,25H,6-7H2,1H3/t13-,14+,17?,18?/m0/s1. The van der Waals surface area contributed by atoms with Crippen molar-refractivity contribution in [3.8, 4) is 6.07 Å². The van der Waals surface area contributed by atoms with Gasteiger partial charge < -0.3 is 9.84 Å². The molecule has 0 aliphatic carbocycles. The van der Waals surface area contributed by atoms with Crippen molar-refractivity contribution in [3.05, 3.63) is 41.5 Å². The lowest BCUT2D eigenvalue weighted by Crippen LogP contribution is -2.41. The van der Waals surface area contributed by atoms with Crippen molar-refractivity contribution in [1.82, 2.24) is 0 Å². The van der Waals surface area contributed by atoms with Crippen molar-refractivity contribution in [3.63, 3.8) is 0 Å². The molecule has 0 aromatic heterocycles. The van der Waals surface area contributed by atoms with Crippen LogP contribution in [0.25, 0.3) is 0 Å². The monoisotopic (exact) mass is 392 g/mol. The van der Waals surface area contributed by atoms with Gasteiger partial charge in [-0.05, 0) is 25.1 Å². The van der Waals surface area contributed by atoms with Crippen molar-refractivity contribution < 1.29 is 32.6 Å². The molecule has 0 spiro atoms. The predicted octanol–water partition coefficient (Wildman–Crippen LogP) is 2.16. The fraction of sp³-hybridized carbons (Fsp3) is 0.421. The van der Waals surface area contributed by atoms with Gasteiger partial charge >= 0.3 is 6.18 Å². The first-order valence-electron chi connectivity index (χ1n) is 8.58. The predicted molar refractivity (Wildman–Crippen MR) is 88.7 cm³/mol. The number of carbonyl (C=O) groups is 2. The maximum Gasteiger partial charge on any atom is 0.417 e. The number of anilines is 1. The normalized spacial score (nSPS) is 33.5. The van der Waals surface area contributed by atoms with Gasteiger partial charge in [0.05, 0.1) is 40.3 Å². The highest BCUT2D eigenvalue weighted by atomic mass is 19.4. The molecule has 3 aliphatic rings. The van der Waals surface area contributed by atoms with E-state index in [0.717, 1.165) is 17.0 Å². The summed E-state index contributed by atoms with van der Waals surface area (Å²) in [7, 11) is 0. The number of hydrogen-bond donors (Lipinski definition) is 1. The minimum Gasteiger partial charge on any atom is -0.396 e. The number of imide groups is 1. The number of amides is 2. The Morgan fingerprint density at radius 3 is 2.54 bits per heavy atom. The van der Waals surface area contributed by atoms with Gasteiger partial charge in [0.25, 0.3) is 0 Å². The second kappa shape index (κ2) is 5.65. The first-order valence-corrected chi connectivity index (χ1v) is 8.58. The minimum atomic E-state index is -4.81. The first kappa shape index (κ1) is 18.7. The average Bonchev–Trinajstić information content (AvgIpc) is 3.19. The molecule has 6 nitrogen and oxygen atoms in total. The molecule has 146 valence electrons. The van der Waals surface area contributed by atoms with Crippen LogP contribution in [0.2, 0.25) is 0 Å². The Morgan fingerprint density at radius 1 is 1.25 bits per heavy atom. The van der Waals surface area contributed by atoms with E-state index in [0.29, 0.717) is 6.07 Å². The molecule has 0 radical (unpaired) electrons. The summed E-state index contributed by atoms with van der Waals surface area (Å²) < 4.78 is 45.8. The number of carbonyl (C=O) groups excluding carboxylic acids is 2. The van der Waals surface area contributed by atoms with Gasteiger partial charge in [-0.1, -0.05) is 12.2 Å². The number of ether oxygens (including phenoxy) is 1. The molecule has 4 atom stereocenters. The van der Waals surface area contributed by atoms with E-state index in [1.807, 2.05) is 0 Å². The number of halogens is 3. The van der Waals surface area contributed by atoms with Gasteiger partial charge in [-0.15, -0.1) is 0 Å². The molecular weight excluding hydrogens is 377 g/mol. The van der Waals surface area contributed by atoms with E-state index < -0.39 is 52.2 Å². The van der Waals surface area contributed by atoms with Crippen molar-refractivity contribution in [1.29, 1.82) is 5.26 Å². The van der Waals surface area contributed by atoms with Gasteiger partial charge in [-0.3, -0.25) is 9.59 Å². The highest BCUT2D eigenvalue weighted by Crippen LogP contribution is 2.59. The third-order valence-electron chi connectivity index (χ3n) is 5.75. The van der Waals surface area contributed by atoms with Gasteiger partial charge in [0.2, 0.25) is 11.8 Å². The zero-order chi connectivity index (χ0) is 20.5. The summed E-state index contributed by atoms with van der Waals surface area (Å²) in [6.45, 7) is 1.36. The van der Waals surface area contributed by atoms with Crippen LogP contribution in [0.5, 0.6) is 0 Å². The Morgan fingerprint density at radius 2 is 1.93 bits per heavy atom. The van der Waals surface area contributed by atoms with Crippen LogP contribution in [0.4, 0.5) is 18.9 Å². The average molecular weight is 392 g/mol. The molecular formula is C19H15F3N2O4. The van der Waals surface area contributed by atoms with Crippen LogP contribution in [0.1, 0.15) is 24.5 Å². The Kier molecular flexibility index (Phi) is 3.77. The van der Waals surface area contributed by atoms with E-state index in [1.165, 1.54) is 6.07 Å². The quantitative estimate of drug-likeness (QED) is 0.629. The fourth-order valence-corrected chi connectivity index (χ4v) is 4.58. The third kappa shape index (κ3) is 2.28. The number of benzene rings is 1. The Labute approximate surface area is 157 Å². The molecule has 2 fully saturated rings. The maximum absolute atomic E-state index is 13.3. The molecule has 1 aromatic rings. The molecule has 3 aliphatic heterocycles. The maximum atomic E-state index is 13.3. The van der Waals surface area contributed by atoms with E-state index in [9.17, 15) is 27.9 Å². The molecule has 2 bridgehead atoms. The Bertz CT molecular complexity index is 967. The largest absolute Gasteiger partial charge is 0.417 e. The Balaban J connectivity index is 1.80. The van der Waals surface area contributed by atoms with Crippen molar-refractivity contribution in [2.45, 2.75) is 30.7 Å². The van der Waals surface area contributed by atoms with E-state index in [4.69, 9.17) is 10.00 Å². The van der Waals surface area contributed by atoms with Crippen LogP contribution in [0.3, 0.4) is 0 Å². The summed E-state index contributed by atoms with van der Waals surface area (Å²) in [5, 5.41) is 18.3. The minimum absolute atomic E-state index is 0.0916. The fourth-order valence-electron chi connectivity index (χ4n) is 4.58. The number of nitriles is 1. The molecule has 2 unspecified atom stereocenters. The molecule has 4 rings (SSSR count). The first-order chi connectivity index (χ1) is 13.1. The molecule has 9 heteroatoms. The van der Waals surface area contributed by atoms with Crippen molar-refractivity contribution in [2.75, 3.05) is 11.5 Å². The number of fused-ring (bicyclic) bond motifs is 5. The lowest BCUT2D eigenvalue weighted by Gasteiger charge is -2.28. The summed E-state index contributed by atoms with van der Waals surface area (Å²) in [5.41, 5.74) is -4.27. The third-order valence-corrected chi connectivity index (χ3v) is 5.75. The summed E-state index contributed by atoms with van der Waals surface area (Å²) in [5.74, 6) is -3.14. The molecule has 2 saturated heterocycles. The van der Waals surface area contributed by atoms with Gasteiger partial charge in [0.1, 0.15) is 5.60 Å². The number of rotatable bonds is 3. The number of aliphatic hydroxyl groups excluding tert-OH is 1. The lowest BCUT2D eigenvalue weighted by molar-refractivity contribution is -0.138. The zero-order valence-electron chi connectivity index (χ0n) is 14.7. The smallest absolute Gasteiger partial charge is 0.396 e. The number of nitrogens with zero attached hydrogens (tertiary/aromatic N) is 2. The molecule has 1 N–H and O–H groups in total. The number of alkyl halides is 3. The van der Waals surface area contributed by atoms with Gasteiger partial charge in [0.15, 0.2) is 0 Å².